The largest absolute Gasteiger partial charge is 0.335 e. The second-order valence-corrected chi connectivity index (χ2v) is 7.07. The van der Waals surface area contributed by atoms with Gasteiger partial charge in [0.2, 0.25) is 0 Å². The molecule has 1 fully saturated rings. The molecule has 2 aromatic rings. The van der Waals surface area contributed by atoms with Gasteiger partial charge in [-0.25, -0.2) is 4.98 Å². The van der Waals surface area contributed by atoms with Crippen LogP contribution in [0.15, 0.2) is 30.9 Å². The summed E-state index contributed by atoms with van der Waals surface area (Å²) in [5.41, 5.74) is 1.69. The molecule has 2 aliphatic heterocycles. The Morgan fingerprint density at radius 3 is 2.92 bits per heavy atom. The van der Waals surface area contributed by atoms with Crippen LogP contribution in [0.5, 0.6) is 0 Å². The van der Waals surface area contributed by atoms with E-state index in [-0.39, 0.29) is 17.9 Å². The summed E-state index contributed by atoms with van der Waals surface area (Å²) in [5, 5.41) is 0. The van der Waals surface area contributed by atoms with Crippen molar-refractivity contribution < 1.29 is 9.59 Å². The lowest BCUT2D eigenvalue weighted by Gasteiger charge is -2.33. The molecule has 2 aliphatic rings. The fourth-order valence-electron chi connectivity index (χ4n) is 3.81. The minimum atomic E-state index is -0.134. The van der Waals surface area contributed by atoms with Gasteiger partial charge in [0, 0.05) is 44.6 Å². The number of hydrogen-bond acceptors (Lipinski definition) is 4. The lowest BCUT2D eigenvalue weighted by molar-refractivity contribution is 0.0606. The van der Waals surface area contributed by atoms with Crippen molar-refractivity contribution in [1.82, 2.24) is 24.3 Å². The summed E-state index contributed by atoms with van der Waals surface area (Å²) in [5.74, 6) is -0.256. The molecule has 0 bridgehead atoms. The number of piperidine rings is 1. The summed E-state index contributed by atoms with van der Waals surface area (Å²) >= 11 is 0. The highest BCUT2D eigenvalue weighted by Crippen LogP contribution is 2.23. The molecule has 7 heteroatoms. The molecule has 0 aliphatic carbocycles. The highest BCUT2D eigenvalue weighted by Gasteiger charge is 2.34. The molecule has 1 atom stereocenters. The Balaban J connectivity index is 1.59. The van der Waals surface area contributed by atoms with Crippen LogP contribution in [0.2, 0.25) is 0 Å². The summed E-state index contributed by atoms with van der Waals surface area (Å²) in [7, 11) is 0. The van der Waals surface area contributed by atoms with Gasteiger partial charge in [0.15, 0.2) is 5.69 Å². The maximum absolute atomic E-state index is 13.0. The van der Waals surface area contributed by atoms with E-state index in [1.54, 1.807) is 23.6 Å². The number of pyridine rings is 1. The van der Waals surface area contributed by atoms with Gasteiger partial charge in [0.1, 0.15) is 5.69 Å². The number of aromatic nitrogens is 3. The minimum Gasteiger partial charge on any atom is -0.335 e. The van der Waals surface area contributed by atoms with Gasteiger partial charge >= 0.3 is 0 Å². The van der Waals surface area contributed by atoms with Crippen molar-refractivity contribution in [2.75, 3.05) is 13.1 Å². The number of fused-ring (bicyclic) bond motifs is 1. The van der Waals surface area contributed by atoms with Crippen LogP contribution in [-0.4, -0.2) is 55.3 Å². The van der Waals surface area contributed by atoms with Crippen LogP contribution in [0.4, 0.5) is 0 Å². The molecule has 0 saturated carbocycles. The maximum atomic E-state index is 13.0. The molecule has 2 amide bonds. The molecule has 26 heavy (non-hydrogen) atoms. The third-order valence-electron chi connectivity index (χ3n) is 5.30. The van der Waals surface area contributed by atoms with Gasteiger partial charge in [0.25, 0.3) is 11.8 Å². The highest BCUT2D eigenvalue weighted by molar-refractivity contribution is 6.05. The molecule has 1 unspecified atom stereocenters. The van der Waals surface area contributed by atoms with Gasteiger partial charge in [-0.2, -0.15) is 0 Å². The predicted molar refractivity (Wildman–Crippen MR) is 95.6 cm³/mol. The van der Waals surface area contributed by atoms with E-state index in [0.717, 1.165) is 31.4 Å². The topological polar surface area (TPSA) is 71.3 Å². The Labute approximate surface area is 152 Å². The number of carbonyl (C=O) groups excluding carboxylic acids is 2. The van der Waals surface area contributed by atoms with Crippen molar-refractivity contribution in [3.8, 4) is 0 Å². The fourth-order valence-corrected chi connectivity index (χ4v) is 3.81. The van der Waals surface area contributed by atoms with Crippen LogP contribution >= 0.6 is 0 Å². The van der Waals surface area contributed by atoms with Crippen LogP contribution in [0.1, 0.15) is 52.7 Å². The SMILES string of the molecule is CC1CCCCN1C(=O)c1ncn2c1C(=O)N(Cc1cccnc1)CC2. The zero-order valence-electron chi connectivity index (χ0n) is 15.0. The van der Waals surface area contributed by atoms with Crippen LogP contribution in [-0.2, 0) is 13.1 Å². The third-order valence-corrected chi connectivity index (χ3v) is 5.30. The normalized spacial score (nSPS) is 20.2. The first kappa shape index (κ1) is 16.8. The maximum Gasteiger partial charge on any atom is 0.275 e. The molecule has 0 N–H and O–H groups in total. The van der Waals surface area contributed by atoms with Crippen molar-refractivity contribution in [2.24, 2.45) is 0 Å². The lowest BCUT2D eigenvalue weighted by Crippen LogP contribution is -2.44. The van der Waals surface area contributed by atoms with Gasteiger partial charge in [-0.05, 0) is 37.8 Å². The van der Waals surface area contributed by atoms with Gasteiger partial charge in [-0.3, -0.25) is 14.6 Å². The molecule has 4 rings (SSSR count). The quantitative estimate of drug-likeness (QED) is 0.846. The number of imidazole rings is 1. The molecule has 136 valence electrons. The number of likely N-dealkylation sites (tertiary alicyclic amines) is 1. The summed E-state index contributed by atoms with van der Waals surface area (Å²) in [4.78, 5) is 38.1. The third kappa shape index (κ3) is 2.98. The molecule has 0 aromatic carbocycles. The van der Waals surface area contributed by atoms with Crippen molar-refractivity contribution in [1.29, 1.82) is 0 Å². The zero-order chi connectivity index (χ0) is 18.1. The van der Waals surface area contributed by atoms with E-state index < -0.39 is 0 Å². The molecule has 2 aromatic heterocycles. The molecule has 7 nitrogen and oxygen atoms in total. The van der Waals surface area contributed by atoms with Gasteiger partial charge in [0.05, 0.1) is 6.33 Å². The van der Waals surface area contributed by atoms with Crippen molar-refractivity contribution in [3.63, 3.8) is 0 Å². The monoisotopic (exact) mass is 353 g/mol. The highest BCUT2D eigenvalue weighted by atomic mass is 16.2. The standard InChI is InChI=1S/C19H23N5O2/c1-14-5-2-3-8-24(14)18(25)16-17-19(26)22(9-10-23(17)13-21-16)12-15-6-4-7-20-11-15/h4,6-7,11,13-14H,2-3,5,8-10,12H2,1H3. The Hall–Kier alpha value is -2.70. The first-order chi connectivity index (χ1) is 12.6. The number of hydrogen-bond donors (Lipinski definition) is 0. The van der Waals surface area contributed by atoms with Crippen LogP contribution in [0.3, 0.4) is 0 Å². The van der Waals surface area contributed by atoms with Crippen molar-refractivity contribution >= 4 is 11.8 Å². The first-order valence-electron chi connectivity index (χ1n) is 9.19. The van der Waals surface area contributed by atoms with Crippen molar-refractivity contribution in [2.45, 2.75) is 45.3 Å². The van der Waals surface area contributed by atoms with E-state index in [2.05, 4.69) is 16.9 Å². The number of rotatable bonds is 3. The summed E-state index contributed by atoms with van der Waals surface area (Å²) in [6, 6.07) is 4.01. The van der Waals surface area contributed by atoms with E-state index >= 15 is 0 Å². The second kappa shape index (κ2) is 6.90. The van der Waals surface area contributed by atoms with Gasteiger partial charge < -0.3 is 14.4 Å². The van der Waals surface area contributed by atoms with E-state index in [4.69, 9.17) is 0 Å². The van der Waals surface area contributed by atoms with Crippen molar-refractivity contribution in [3.05, 3.63) is 47.8 Å². The lowest BCUT2D eigenvalue weighted by atomic mass is 10.0. The van der Waals surface area contributed by atoms with Crippen LogP contribution < -0.4 is 0 Å². The minimum absolute atomic E-state index is 0.123. The summed E-state index contributed by atoms with van der Waals surface area (Å²) < 4.78 is 1.81. The summed E-state index contributed by atoms with van der Waals surface area (Å²) in [6.45, 7) is 4.55. The molecule has 4 heterocycles. The summed E-state index contributed by atoms with van der Waals surface area (Å²) in [6.07, 6.45) is 8.25. The number of amides is 2. The second-order valence-electron chi connectivity index (χ2n) is 7.07. The Morgan fingerprint density at radius 1 is 1.27 bits per heavy atom. The molecular weight excluding hydrogens is 330 g/mol. The average Bonchev–Trinajstić information content (AvgIpc) is 3.10. The van der Waals surface area contributed by atoms with E-state index in [1.165, 1.54) is 0 Å². The molecule has 0 spiro atoms. The predicted octanol–water partition coefficient (Wildman–Crippen LogP) is 1.95. The number of nitrogens with zero attached hydrogens (tertiary/aromatic N) is 5. The Kier molecular flexibility index (Phi) is 4.44. The van der Waals surface area contributed by atoms with Gasteiger partial charge in [-0.15, -0.1) is 0 Å². The number of carbonyl (C=O) groups is 2. The Morgan fingerprint density at radius 2 is 2.15 bits per heavy atom. The van der Waals surface area contributed by atoms with E-state index in [9.17, 15) is 9.59 Å². The zero-order valence-corrected chi connectivity index (χ0v) is 15.0. The molecule has 0 radical (unpaired) electrons. The first-order valence-corrected chi connectivity index (χ1v) is 9.19. The Bertz CT molecular complexity index is 817. The molecule has 1 saturated heterocycles. The van der Waals surface area contributed by atoms with E-state index in [1.807, 2.05) is 21.6 Å². The average molecular weight is 353 g/mol. The smallest absolute Gasteiger partial charge is 0.275 e. The molecular formula is C19H23N5O2. The fraction of sp³-hybridized carbons (Fsp3) is 0.474. The van der Waals surface area contributed by atoms with E-state index in [0.29, 0.717) is 31.0 Å². The van der Waals surface area contributed by atoms with Gasteiger partial charge in [-0.1, -0.05) is 6.07 Å². The van der Waals surface area contributed by atoms with Crippen LogP contribution in [0, 0.1) is 0 Å². The van der Waals surface area contributed by atoms with Crippen LogP contribution in [0.25, 0.3) is 0 Å².